The number of benzene rings is 1. The summed E-state index contributed by atoms with van der Waals surface area (Å²) >= 11 is 0. The zero-order chi connectivity index (χ0) is 15.6. The first-order valence-electron chi connectivity index (χ1n) is 6.66. The molecule has 0 saturated carbocycles. The van der Waals surface area contributed by atoms with Crippen molar-refractivity contribution >= 4 is 12.0 Å². The maximum absolute atomic E-state index is 12.1. The fourth-order valence-corrected chi connectivity index (χ4v) is 2.33. The SMILES string of the molecule is CCOC(=O)C1=C(C)[C@H](c2ccc(O)cc2)NC(=O)N1C. The van der Waals surface area contributed by atoms with Gasteiger partial charge in [0.05, 0.1) is 12.6 Å². The van der Waals surface area contributed by atoms with Crippen LogP contribution in [0.2, 0.25) is 0 Å². The van der Waals surface area contributed by atoms with Gasteiger partial charge in [-0.05, 0) is 37.1 Å². The van der Waals surface area contributed by atoms with Gasteiger partial charge in [0, 0.05) is 7.05 Å². The number of carbonyl (C=O) groups excluding carboxylic acids is 2. The number of phenolic OH excluding ortho intramolecular Hbond substituents is 1. The highest BCUT2D eigenvalue weighted by atomic mass is 16.5. The summed E-state index contributed by atoms with van der Waals surface area (Å²) in [6.07, 6.45) is 0. The van der Waals surface area contributed by atoms with Gasteiger partial charge in [0.15, 0.2) is 0 Å². The second-order valence-corrected chi connectivity index (χ2v) is 4.79. The van der Waals surface area contributed by atoms with E-state index in [0.29, 0.717) is 5.57 Å². The Labute approximate surface area is 123 Å². The van der Waals surface area contributed by atoms with Crippen LogP contribution in [0, 0.1) is 0 Å². The van der Waals surface area contributed by atoms with Crippen molar-refractivity contribution < 1.29 is 19.4 Å². The highest BCUT2D eigenvalue weighted by Crippen LogP contribution is 2.30. The molecule has 0 saturated heterocycles. The largest absolute Gasteiger partial charge is 0.508 e. The van der Waals surface area contributed by atoms with E-state index in [0.717, 1.165) is 5.56 Å². The van der Waals surface area contributed by atoms with Gasteiger partial charge in [0.25, 0.3) is 0 Å². The molecule has 0 fully saturated rings. The summed E-state index contributed by atoms with van der Waals surface area (Å²) in [5.74, 6) is -0.374. The fourth-order valence-electron chi connectivity index (χ4n) is 2.33. The minimum Gasteiger partial charge on any atom is -0.508 e. The van der Waals surface area contributed by atoms with Crippen molar-refractivity contribution in [3.05, 3.63) is 41.1 Å². The summed E-state index contributed by atoms with van der Waals surface area (Å²) in [4.78, 5) is 25.3. The maximum atomic E-state index is 12.1. The number of nitrogens with one attached hydrogen (secondary N) is 1. The average Bonchev–Trinajstić information content (AvgIpc) is 2.44. The monoisotopic (exact) mass is 290 g/mol. The summed E-state index contributed by atoms with van der Waals surface area (Å²) in [5, 5.41) is 12.2. The van der Waals surface area contributed by atoms with Gasteiger partial charge in [-0.1, -0.05) is 12.1 Å². The van der Waals surface area contributed by atoms with Gasteiger partial charge in [-0.2, -0.15) is 0 Å². The van der Waals surface area contributed by atoms with E-state index >= 15 is 0 Å². The maximum Gasteiger partial charge on any atom is 0.355 e. The molecule has 0 radical (unpaired) electrons. The van der Waals surface area contributed by atoms with E-state index < -0.39 is 12.0 Å². The molecule has 112 valence electrons. The number of rotatable bonds is 3. The Bertz CT molecular complexity index is 592. The van der Waals surface area contributed by atoms with Crippen LogP contribution in [0.3, 0.4) is 0 Å². The van der Waals surface area contributed by atoms with E-state index in [4.69, 9.17) is 4.74 Å². The van der Waals surface area contributed by atoms with E-state index in [1.54, 1.807) is 26.0 Å². The molecule has 2 amide bonds. The third-order valence-corrected chi connectivity index (χ3v) is 3.41. The van der Waals surface area contributed by atoms with Crippen molar-refractivity contribution in [2.24, 2.45) is 0 Å². The molecule has 1 aromatic rings. The number of phenols is 1. The molecule has 2 N–H and O–H groups in total. The molecule has 2 rings (SSSR count). The second kappa shape index (κ2) is 5.87. The smallest absolute Gasteiger partial charge is 0.355 e. The van der Waals surface area contributed by atoms with E-state index in [1.165, 1.54) is 24.1 Å². The highest BCUT2D eigenvalue weighted by molar-refractivity contribution is 5.96. The number of nitrogens with zero attached hydrogens (tertiary/aromatic N) is 1. The Morgan fingerprint density at radius 3 is 2.57 bits per heavy atom. The number of amides is 2. The van der Waals surface area contributed by atoms with Gasteiger partial charge in [-0.3, -0.25) is 4.90 Å². The normalized spacial score (nSPS) is 18.5. The zero-order valence-electron chi connectivity index (χ0n) is 12.2. The first-order valence-corrected chi connectivity index (χ1v) is 6.66. The van der Waals surface area contributed by atoms with E-state index in [-0.39, 0.29) is 24.1 Å². The Hall–Kier alpha value is -2.50. The molecule has 1 aliphatic heterocycles. The number of ether oxygens (including phenoxy) is 1. The molecule has 0 unspecified atom stereocenters. The molecular weight excluding hydrogens is 272 g/mol. The summed E-state index contributed by atoms with van der Waals surface area (Å²) in [7, 11) is 1.53. The van der Waals surface area contributed by atoms with Gasteiger partial charge in [-0.15, -0.1) is 0 Å². The van der Waals surface area contributed by atoms with Gasteiger partial charge in [0.2, 0.25) is 0 Å². The minimum absolute atomic E-state index is 0.144. The van der Waals surface area contributed by atoms with Crippen LogP contribution in [0.15, 0.2) is 35.5 Å². The lowest BCUT2D eigenvalue weighted by molar-refractivity contribution is -0.140. The van der Waals surface area contributed by atoms with Crippen molar-refractivity contribution in [3.8, 4) is 5.75 Å². The number of urea groups is 1. The van der Waals surface area contributed by atoms with Crippen LogP contribution in [0.1, 0.15) is 25.5 Å². The molecular formula is C15H18N2O4. The van der Waals surface area contributed by atoms with Crippen LogP contribution < -0.4 is 5.32 Å². The molecule has 6 heteroatoms. The molecule has 6 nitrogen and oxygen atoms in total. The number of hydrogen-bond acceptors (Lipinski definition) is 4. The summed E-state index contributed by atoms with van der Waals surface area (Å²) in [6, 6.07) is 5.69. The number of esters is 1. The van der Waals surface area contributed by atoms with E-state index in [2.05, 4.69) is 5.32 Å². The van der Waals surface area contributed by atoms with Crippen LogP contribution in [0.25, 0.3) is 0 Å². The summed E-state index contributed by atoms with van der Waals surface area (Å²) in [5.41, 5.74) is 1.73. The number of aromatic hydroxyl groups is 1. The Morgan fingerprint density at radius 1 is 1.38 bits per heavy atom. The summed E-state index contributed by atoms with van der Waals surface area (Å²) in [6.45, 7) is 3.74. The second-order valence-electron chi connectivity index (χ2n) is 4.79. The summed E-state index contributed by atoms with van der Waals surface area (Å²) < 4.78 is 5.02. The molecule has 0 aliphatic carbocycles. The molecule has 21 heavy (non-hydrogen) atoms. The molecule has 0 spiro atoms. The zero-order valence-corrected chi connectivity index (χ0v) is 12.2. The Kier molecular flexibility index (Phi) is 4.16. The highest BCUT2D eigenvalue weighted by Gasteiger charge is 2.33. The molecule has 0 bridgehead atoms. The number of carbonyl (C=O) groups is 2. The molecule has 1 aromatic carbocycles. The van der Waals surface area contributed by atoms with Crippen LogP contribution in [0.4, 0.5) is 4.79 Å². The van der Waals surface area contributed by atoms with Crippen molar-refractivity contribution in [2.45, 2.75) is 19.9 Å². The van der Waals surface area contributed by atoms with Crippen LogP contribution in [-0.2, 0) is 9.53 Å². The molecule has 1 heterocycles. The van der Waals surface area contributed by atoms with Gasteiger partial charge >= 0.3 is 12.0 Å². The third kappa shape index (κ3) is 2.84. The molecule has 1 atom stereocenters. The Morgan fingerprint density at radius 2 is 2.00 bits per heavy atom. The third-order valence-electron chi connectivity index (χ3n) is 3.41. The topological polar surface area (TPSA) is 78.9 Å². The van der Waals surface area contributed by atoms with Gasteiger partial charge < -0.3 is 15.2 Å². The number of likely N-dealkylation sites (N-methyl/N-ethyl adjacent to an activating group) is 1. The molecule has 0 aromatic heterocycles. The van der Waals surface area contributed by atoms with Gasteiger partial charge in [0.1, 0.15) is 11.4 Å². The lowest BCUT2D eigenvalue weighted by Gasteiger charge is -2.33. The first kappa shape index (κ1) is 14.9. The standard InChI is InChI=1S/C15H18N2O4/c1-4-21-14(19)13-9(2)12(16-15(20)17(13)3)10-5-7-11(18)8-6-10/h5-8,12,18H,4H2,1-3H3,(H,16,20)/t12-/m1/s1. The minimum atomic E-state index is -0.517. The van der Waals surface area contributed by atoms with Crippen molar-refractivity contribution in [3.63, 3.8) is 0 Å². The van der Waals surface area contributed by atoms with Crippen molar-refractivity contribution in [1.82, 2.24) is 10.2 Å². The lowest BCUT2D eigenvalue weighted by atomic mass is 9.96. The fraction of sp³-hybridized carbons (Fsp3) is 0.333. The first-order chi connectivity index (χ1) is 9.95. The van der Waals surface area contributed by atoms with Crippen molar-refractivity contribution in [1.29, 1.82) is 0 Å². The van der Waals surface area contributed by atoms with E-state index in [1.807, 2.05) is 0 Å². The molecule has 1 aliphatic rings. The lowest BCUT2D eigenvalue weighted by Crippen LogP contribution is -2.46. The van der Waals surface area contributed by atoms with Crippen LogP contribution in [0.5, 0.6) is 5.75 Å². The predicted octanol–water partition coefficient (Wildman–Crippen LogP) is 1.93. The van der Waals surface area contributed by atoms with Crippen LogP contribution >= 0.6 is 0 Å². The van der Waals surface area contributed by atoms with Crippen molar-refractivity contribution in [2.75, 3.05) is 13.7 Å². The van der Waals surface area contributed by atoms with Gasteiger partial charge in [-0.25, -0.2) is 9.59 Å². The average molecular weight is 290 g/mol. The predicted molar refractivity (Wildman–Crippen MR) is 76.5 cm³/mol. The Balaban J connectivity index is 2.44. The van der Waals surface area contributed by atoms with E-state index in [9.17, 15) is 14.7 Å². The quantitative estimate of drug-likeness (QED) is 0.834. The number of hydrogen-bond donors (Lipinski definition) is 2. The van der Waals surface area contributed by atoms with Crippen LogP contribution in [-0.4, -0.2) is 35.7 Å².